The topological polar surface area (TPSA) is 9.23 Å². The Morgan fingerprint density at radius 1 is 1.20 bits per heavy atom. The molecule has 2 radical (unpaired) electrons. The van der Waals surface area contributed by atoms with Gasteiger partial charge in [-0.05, 0) is 6.42 Å². The highest BCUT2D eigenvalue weighted by Gasteiger charge is 2.28. The van der Waals surface area contributed by atoms with Crippen molar-refractivity contribution in [2.75, 3.05) is 6.61 Å². The Morgan fingerprint density at radius 2 is 1.80 bits per heavy atom. The van der Waals surface area contributed by atoms with Gasteiger partial charge in [-0.2, -0.15) is 0 Å². The minimum atomic E-state index is -4.49. The predicted octanol–water partition coefficient (Wildman–Crippen LogP) is 1.89. The normalized spacial score (nSPS) is 11.9. The Balaban J connectivity index is 3.04. The van der Waals surface area contributed by atoms with Gasteiger partial charge in [-0.1, -0.05) is 12.7 Å². The number of hydrogen-bond donors (Lipinski definition) is 0. The highest BCUT2D eigenvalue weighted by Crippen LogP contribution is 2.16. The van der Waals surface area contributed by atoms with E-state index < -0.39 is 6.36 Å². The van der Waals surface area contributed by atoms with Gasteiger partial charge >= 0.3 is 6.36 Å². The molecule has 0 aromatic carbocycles. The molecule has 0 aliphatic heterocycles. The van der Waals surface area contributed by atoms with Gasteiger partial charge in [0.2, 0.25) is 0 Å². The Labute approximate surface area is 59.0 Å². The Bertz CT molecular complexity index is 83.5. The molecule has 0 spiro atoms. The zero-order valence-corrected chi connectivity index (χ0v) is 5.45. The van der Waals surface area contributed by atoms with E-state index in [1.807, 2.05) is 0 Å². The number of alkyl halides is 3. The maximum Gasteiger partial charge on any atom is 0.522 e. The molecule has 0 fully saturated rings. The molecule has 0 aromatic rings. The monoisotopic (exact) mass is 152 g/mol. The molecule has 0 bridgehead atoms. The van der Waals surface area contributed by atoms with Gasteiger partial charge in [-0.25, -0.2) is 0 Å². The summed E-state index contributed by atoms with van der Waals surface area (Å²) in [5.41, 5.74) is 0. The summed E-state index contributed by atoms with van der Waals surface area (Å²) in [6.45, 7) is -0.291. The van der Waals surface area contributed by atoms with Crippen LogP contribution < -0.4 is 0 Å². The molecule has 1 nitrogen and oxygen atoms in total. The summed E-state index contributed by atoms with van der Waals surface area (Å²) < 4.78 is 37.2. The molecule has 0 heterocycles. The smallest absolute Gasteiger partial charge is 0.292 e. The van der Waals surface area contributed by atoms with E-state index in [1.165, 1.54) is 0 Å². The highest BCUT2D eigenvalue weighted by atomic mass is 19.4. The molecule has 5 heteroatoms. The number of rotatable bonds is 4. The van der Waals surface area contributed by atoms with Gasteiger partial charge in [0.15, 0.2) is 0 Å². The fourth-order valence-electron chi connectivity index (χ4n) is 0.434. The fraction of sp³-hybridized carbons (Fsp3) is 1.00. The molecule has 0 atom stereocenters. The van der Waals surface area contributed by atoms with Gasteiger partial charge in [0.1, 0.15) is 0 Å². The van der Waals surface area contributed by atoms with Crippen molar-refractivity contribution in [2.24, 2.45) is 0 Å². The first-order valence-corrected chi connectivity index (χ1v) is 2.97. The second kappa shape index (κ2) is 4.60. The van der Waals surface area contributed by atoms with Gasteiger partial charge in [-0.15, -0.1) is 13.2 Å². The van der Waals surface area contributed by atoms with Crippen LogP contribution in [0.15, 0.2) is 0 Å². The Hall–Kier alpha value is -0.185. The molecular weight excluding hydrogens is 144 g/mol. The quantitative estimate of drug-likeness (QED) is 0.441. The van der Waals surface area contributed by atoms with Gasteiger partial charge < -0.3 is 0 Å². The lowest BCUT2D eigenvalue weighted by Gasteiger charge is -2.05. The van der Waals surface area contributed by atoms with Crippen LogP contribution in [0.4, 0.5) is 13.2 Å². The van der Waals surface area contributed by atoms with Crippen molar-refractivity contribution in [3.8, 4) is 0 Å². The fourth-order valence-corrected chi connectivity index (χ4v) is 0.434. The Morgan fingerprint density at radius 3 is 2.20 bits per heavy atom. The second-order valence-electron chi connectivity index (χ2n) is 1.79. The summed E-state index contributed by atoms with van der Waals surface area (Å²) in [6, 6.07) is 0. The van der Waals surface area contributed by atoms with E-state index in [0.29, 0.717) is 19.2 Å². The van der Waals surface area contributed by atoms with Crippen LogP contribution in [0.25, 0.3) is 0 Å². The first-order chi connectivity index (χ1) is 4.56. The highest BCUT2D eigenvalue weighted by molar-refractivity contribution is 6.08. The SMILES string of the molecule is [B]CCCCOC(F)(F)F. The van der Waals surface area contributed by atoms with E-state index >= 15 is 0 Å². The number of hydrogen-bond acceptors (Lipinski definition) is 1. The number of unbranched alkanes of at least 4 members (excludes halogenated alkanes) is 1. The lowest BCUT2D eigenvalue weighted by molar-refractivity contribution is -0.324. The van der Waals surface area contributed by atoms with Crippen molar-refractivity contribution in [2.45, 2.75) is 25.5 Å². The molecule has 0 aliphatic carbocycles. The third kappa shape index (κ3) is 7.81. The summed E-state index contributed by atoms with van der Waals surface area (Å²) in [5, 5.41) is 0. The van der Waals surface area contributed by atoms with E-state index in [4.69, 9.17) is 7.85 Å². The first-order valence-electron chi connectivity index (χ1n) is 2.97. The molecular formula is C5H8BF3O. The van der Waals surface area contributed by atoms with Crippen LogP contribution in [-0.2, 0) is 4.74 Å². The standard InChI is InChI=1S/C5H8BF3O/c6-3-1-2-4-10-5(7,8)9/h1-4H2. The van der Waals surface area contributed by atoms with Gasteiger partial charge in [0.05, 0.1) is 14.5 Å². The minimum absolute atomic E-state index is 0.291. The van der Waals surface area contributed by atoms with E-state index in [1.54, 1.807) is 0 Å². The van der Waals surface area contributed by atoms with Gasteiger partial charge in [0, 0.05) is 0 Å². The minimum Gasteiger partial charge on any atom is -0.292 e. The lowest BCUT2D eigenvalue weighted by Crippen LogP contribution is -2.13. The predicted molar refractivity (Wildman–Crippen MR) is 31.8 cm³/mol. The molecule has 0 saturated carbocycles. The summed E-state index contributed by atoms with van der Waals surface area (Å²) in [6.07, 6.45) is -3.16. The third-order valence-electron chi connectivity index (χ3n) is 0.864. The number of halogens is 3. The molecule has 58 valence electrons. The maximum absolute atomic E-state index is 11.2. The van der Waals surface area contributed by atoms with Crippen LogP contribution in [0.2, 0.25) is 6.32 Å². The number of ether oxygens (including phenoxy) is 1. The van der Waals surface area contributed by atoms with Crippen LogP contribution in [-0.4, -0.2) is 20.8 Å². The van der Waals surface area contributed by atoms with Gasteiger partial charge in [0.25, 0.3) is 0 Å². The van der Waals surface area contributed by atoms with E-state index in [9.17, 15) is 13.2 Å². The average Bonchev–Trinajstić information content (AvgIpc) is 1.78. The zero-order chi connectivity index (χ0) is 8.04. The third-order valence-corrected chi connectivity index (χ3v) is 0.864. The molecule has 0 rings (SSSR count). The molecule has 0 amide bonds. The van der Waals surface area contributed by atoms with E-state index in [0.717, 1.165) is 0 Å². The van der Waals surface area contributed by atoms with Crippen molar-refractivity contribution in [3.63, 3.8) is 0 Å². The molecule has 0 aliphatic rings. The van der Waals surface area contributed by atoms with Crippen molar-refractivity contribution < 1.29 is 17.9 Å². The second-order valence-corrected chi connectivity index (χ2v) is 1.79. The van der Waals surface area contributed by atoms with Crippen LogP contribution in [0.1, 0.15) is 12.8 Å². The van der Waals surface area contributed by atoms with Crippen LogP contribution >= 0.6 is 0 Å². The molecule has 0 unspecified atom stereocenters. The summed E-state index contributed by atoms with van der Waals surface area (Å²) in [7, 11) is 5.04. The van der Waals surface area contributed by atoms with E-state index in [2.05, 4.69) is 4.74 Å². The van der Waals surface area contributed by atoms with E-state index in [-0.39, 0.29) is 6.61 Å². The molecule has 0 saturated heterocycles. The first kappa shape index (κ1) is 9.81. The van der Waals surface area contributed by atoms with Crippen LogP contribution in [0, 0.1) is 0 Å². The molecule has 0 aromatic heterocycles. The van der Waals surface area contributed by atoms with Crippen LogP contribution in [0.5, 0.6) is 0 Å². The molecule has 10 heavy (non-hydrogen) atoms. The van der Waals surface area contributed by atoms with Gasteiger partial charge in [-0.3, -0.25) is 4.74 Å². The van der Waals surface area contributed by atoms with Crippen molar-refractivity contribution in [1.29, 1.82) is 0 Å². The Kier molecular flexibility index (Phi) is 4.52. The summed E-state index contributed by atoms with van der Waals surface area (Å²) in [4.78, 5) is 0. The summed E-state index contributed by atoms with van der Waals surface area (Å²) in [5.74, 6) is 0. The zero-order valence-electron chi connectivity index (χ0n) is 5.45. The largest absolute Gasteiger partial charge is 0.522 e. The van der Waals surface area contributed by atoms with Crippen molar-refractivity contribution in [1.82, 2.24) is 0 Å². The summed E-state index contributed by atoms with van der Waals surface area (Å²) >= 11 is 0. The molecule has 0 N–H and O–H groups in total. The average molecular weight is 152 g/mol. The van der Waals surface area contributed by atoms with Crippen molar-refractivity contribution >= 4 is 7.85 Å². The lowest BCUT2D eigenvalue weighted by atomic mass is 10.0. The van der Waals surface area contributed by atoms with Crippen LogP contribution in [0.3, 0.4) is 0 Å². The van der Waals surface area contributed by atoms with Crippen molar-refractivity contribution in [3.05, 3.63) is 0 Å². The maximum atomic E-state index is 11.2.